The molecule has 0 fully saturated rings. The fourth-order valence-corrected chi connectivity index (χ4v) is 2.16. The molecule has 7 heteroatoms. The molecule has 0 aliphatic carbocycles. The summed E-state index contributed by atoms with van der Waals surface area (Å²) < 4.78 is 6.11. The van der Waals surface area contributed by atoms with E-state index in [1.54, 1.807) is 0 Å². The minimum absolute atomic E-state index is 0.0455. The molecule has 0 radical (unpaired) electrons. The Labute approximate surface area is 141 Å². The molecule has 1 amide bonds. The molecule has 0 unspecified atom stereocenters. The molecular weight excluding hydrogens is 360 g/mol. The SMILES string of the molecule is O=C(CNc1noc(-c2ccccc2)n1)Nc1ccc(Br)cc1. The maximum atomic E-state index is 11.9. The summed E-state index contributed by atoms with van der Waals surface area (Å²) in [5, 5.41) is 9.40. The lowest BCUT2D eigenvalue weighted by Crippen LogP contribution is -2.22. The number of rotatable bonds is 5. The molecule has 23 heavy (non-hydrogen) atoms. The van der Waals surface area contributed by atoms with Crippen molar-refractivity contribution in [2.45, 2.75) is 0 Å². The number of nitrogens with one attached hydrogen (secondary N) is 2. The average molecular weight is 373 g/mol. The Balaban J connectivity index is 1.55. The molecule has 3 aromatic rings. The highest BCUT2D eigenvalue weighted by molar-refractivity contribution is 9.10. The van der Waals surface area contributed by atoms with Crippen LogP contribution in [-0.2, 0) is 4.79 Å². The molecule has 1 aromatic heterocycles. The van der Waals surface area contributed by atoms with Crippen LogP contribution in [-0.4, -0.2) is 22.6 Å². The van der Waals surface area contributed by atoms with E-state index in [0.717, 1.165) is 15.7 Å². The van der Waals surface area contributed by atoms with Crippen LogP contribution in [0.15, 0.2) is 63.6 Å². The van der Waals surface area contributed by atoms with E-state index in [1.165, 1.54) is 0 Å². The third-order valence-electron chi connectivity index (χ3n) is 2.98. The number of benzene rings is 2. The van der Waals surface area contributed by atoms with E-state index >= 15 is 0 Å². The molecule has 0 aliphatic rings. The molecule has 0 aliphatic heterocycles. The molecule has 2 N–H and O–H groups in total. The molecule has 1 heterocycles. The quantitative estimate of drug-likeness (QED) is 0.715. The maximum absolute atomic E-state index is 11.9. The van der Waals surface area contributed by atoms with Crippen LogP contribution in [0, 0.1) is 0 Å². The first-order valence-corrected chi connectivity index (χ1v) is 7.68. The second-order valence-corrected chi connectivity index (χ2v) is 5.61. The van der Waals surface area contributed by atoms with Crippen molar-refractivity contribution in [3.05, 3.63) is 59.1 Å². The Morgan fingerprint density at radius 1 is 1.09 bits per heavy atom. The molecule has 2 aromatic carbocycles. The van der Waals surface area contributed by atoms with Crippen molar-refractivity contribution < 1.29 is 9.32 Å². The van der Waals surface area contributed by atoms with Gasteiger partial charge < -0.3 is 15.2 Å². The van der Waals surface area contributed by atoms with Gasteiger partial charge in [-0.1, -0.05) is 34.1 Å². The van der Waals surface area contributed by atoms with Gasteiger partial charge in [0.2, 0.25) is 5.91 Å². The Morgan fingerprint density at radius 3 is 2.57 bits per heavy atom. The monoisotopic (exact) mass is 372 g/mol. The molecule has 3 rings (SSSR count). The summed E-state index contributed by atoms with van der Waals surface area (Å²) in [5.74, 6) is 0.481. The molecule has 6 nitrogen and oxygen atoms in total. The number of nitrogens with zero attached hydrogens (tertiary/aromatic N) is 2. The first-order valence-electron chi connectivity index (χ1n) is 6.89. The average Bonchev–Trinajstić information content (AvgIpc) is 3.05. The highest BCUT2D eigenvalue weighted by Crippen LogP contribution is 2.17. The highest BCUT2D eigenvalue weighted by atomic mass is 79.9. The van der Waals surface area contributed by atoms with Crippen molar-refractivity contribution in [2.75, 3.05) is 17.2 Å². The van der Waals surface area contributed by atoms with E-state index in [-0.39, 0.29) is 18.4 Å². The van der Waals surface area contributed by atoms with Crippen LogP contribution < -0.4 is 10.6 Å². The normalized spacial score (nSPS) is 10.3. The number of carbonyl (C=O) groups is 1. The summed E-state index contributed by atoms with van der Waals surface area (Å²) in [7, 11) is 0. The predicted molar refractivity (Wildman–Crippen MR) is 91.0 cm³/mol. The highest BCUT2D eigenvalue weighted by Gasteiger charge is 2.09. The van der Waals surface area contributed by atoms with Gasteiger partial charge in [0.05, 0.1) is 6.54 Å². The molecule has 0 bridgehead atoms. The number of carbonyl (C=O) groups excluding carboxylic acids is 1. The first kappa shape index (κ1) is 15.2. The van der Waals surface area contributed by atoms with Crippen molar-refractivity contribution in [1.82, 2.24) is 10.1 Å². The van der Waals surface area contributed by atoms with Gasteiger partial charge in [-0.2, -0.15) is 4.98 Å². The molecule has 0 spiro atoms. The Bertz CT molecular complexity index is 787. The zero-order valence-corrected chi connectivity index (χ0v) is 13.6. The lowest BCUT2D eigenvalue weighted by molar-refractivity contribution is -0.114. The van der Waals surface area contributed by atoms with Gasteiger partial charge in [0.15, 0.2) is 0 Å². The zero-order valence-electron chi connectivity index (χ0n) is 12.0. The van der Waals surface area contributed by atoms with Gasteiger partial charge in [-0.3, -0.25) is 4.79 Å². The number of amides is 1. The Kier molecular flexibility index (Phi) is 4.68. The van der Waals surface area contributed by atoms with Gasteiger partial charge >= 0.3 is 0 Å². The largest absolute Gasteiger partial charge is 0.342 e. The van der Waals surface area contributed by atoms with Gasteiger partial charge in [0, 0.05) is 15.7 Å². The van der Waals surface area contributed by atoms with E-state index in [4.69, 9.17) is 4.52 Å². The topological polar surface area (TPSA) is 80.1 Å². The number of aromatic nitrogens is 2. The summed E-state index contributed by atoms with van der Waals surface area (Å²) in [5.41, 5.74) is 1.55. The molecule has 0 saturated carbocycles. The van der Waals surface area contributed by atoms with E-state index in [2.05, 4.69) is 36.7 Å². The van der Waals surface area contributed by atoms with E-state index in [9.17, 15) is 4.79 Å². The summed E-state index contributed by atoms with van der Waals surface area (Å²) in [6.07, 6.45) is 0. The number of hydrogen-bond acceptors (Lipinski definition) is 5. The maximum Gasteiger partial charge on any atom is 0.264 e. The zero-order chi connectivity index (χ0) is 16.1. The summed E-state index contributed by atoms with van der Waals surface area (Å²) in [6, 6.07) is 16.8. The minimum atomic E-state index is -0.196. The molecular formula is C16H13BrN4O2. The van der Waals surface area contributed by atoms with E-state index < -0.39 is 0 Å². The second kappa shape index (κ2) is 7.06. The smallest absolute Gasteiger partial charge is 0.264 e. The third-order valence-corrected chi connectivity index (χ3v) is 3.51. The Hall–Kier alpha value is -2.67. The summed E-state index contributed by atoms with van der Waals surface area (Å²) in [6.45, 7) is 0.0455. The van der Waals surface area contributed by atoms with Crippen LogP contribution in [0.25, 0.3) is 11.5 Å². The minimum Gasteiger partial charge on any atom is -0.342 e. The molecule has 0 atom stereocenters. The number of halogens is 1. The van der Waals surface area contributed by atoms with Gasteiger partial charge in [-0.05, 0) is 41.6 Å². The van der Waals surface area contributed by atoms with Crippen molar-refractivity contribution in [3.63, 3.8) is 0 Å². The lowest BCUT2D eigenvalue weighted by atomic mass is 10.2. The summed E-state index contributed by atoms with van der Waals surface area (Å²) in [4.78, 5) is 16.1. The fraction of sp³-hybridized carbons (Fsp3) is 0.0625. The van der Waals surface area contributed by atoms with Crippen LogP contribution in [0.3, 0.4) is 0 Å². The second-order valence-electron chi connectivity index (χ2n) is 4.70. The van der Waals surface area contributed by atoms with Crippen LogP contribution in [0.5, 0.6) is 0 Å². The molecule has 0 saturated heterocycles. The predicted octanol–water partition coefficient (Wildman–Crippen LogP) is 3.55. The van der Waals surface area contributed by atoms with Crippen molar-refractivity contribution in [3.8, 4) is 11.5 Å². The van der Waals surface area contributed by atoms with Gasteiger partial charge in [-0.25, -0.2) is 0 Å². The fourth-order valence-electron chi connectivity index (χ4n) is 1.89. The van der Waals surface area contributed by atoms with Gasteiger partial charge in [0.1, 0.15) is 0 Å². The van der Waals surface area contributed by atoms with Crippen molar-refractivity contribution >= 4 is 33.5 Å². The van der Waals surface area contributed by atoms with Crippen LogP contribution >= 0.6 is 15.9 Å². The van der Waals surface area contributed by atoms with Gasteiger partial charge in [0.25, 0.3) is 11.8 Å². The van der Waals surface area contributed by atoms with Crippen LogP contribution in [0.1, 0.15) is 0 Å². The standard InChI is InChI=1S/C16H13BrN4O2/c17-12-6-8-13(9-7-12)19-14(22)10-18-16-20-15(23-21-16)11-4-2-1-3-5-11/h1-9H,10H2,(H,18,21)(H,19,22). The van der Waals surface area contributed by atoms with Crippen LogP contribution in [0.2, 0.25) is 0 Å². The van der Waals surface area contributed by atoms with E-state index in [0.29, 0.717) is 5.89 Å². The number of anilines is 2. The summed E-state index contributed by atoms with van der Waals surface area (Å²) >= 11 is 3.34. The van der Waals surface area contributed by atoms with E-state index in [1.807, 2.05) is 54.6 Å². The Morgan fingerprint density at radius 2 is 1.83 bits per heavy atom. The van der Waals surface area contributed by atoms with Crippen LogP contribution in [0.4, 0.5) is 11.6 Å². The van der Waals surface area contributed by atoms with Crippen molar-refractivity contribution in [2.24, 2.45) is 0 Å². The third kappa shape index (κ3) is 4.17. The molecule has 116 valence electrons. The van der Waals surface area contributed by atoms with Gasteiger partial charge in [-0.15, -0.1) is 0 Å². The first-order chi connectivity index (χ1) is 11.2. The van der Waals surface area contributed by atoms with Crippen molar-refractivity contribution in [1.29, 1.82) is 0 Å². The lowest BCUT2D eigenvalue weighted by Gasteiger charge is -2.05. The number of hydrogen-bond donors (Lipinski definition) is 2.